The third kappa shape index (κ3) is 2.86. The quantitative estimate of drug-likeness (QED) is 0.451. The Morgan fingerprint density at radius 3 is 2.56 bits per heavy atom. The number of rotatable bonds is 2. The summed E-state index contributed by atoms with van der Waals surface area (Å²) < 4.78 is 15.6. The highest BCUT2D eigenvalue weighted by Gasteiger charge is 2.10. The second kappa shape index (κ2) is 6.10. The molecule has 0 aliphatic carbocycles. The molecule has 2 heterocycles. The van der Waals surface area contributed by atoms with E-state index in [4.69, 9.17) is 23.8 Å². The number of fused-ring (bicyclic) bond motifs is 1. The zero-order valence-corrected chi connectivity index (χ0v) is 14.8. The van der Waals surface area contributed by atoms with Gasteiger partial charge in [0.2, 0.25) is 5.78 Å². The summed E-state index contributed by atoms with van der Waals surface area (Å²) in [7, 11) is 0. The molecule has 0 spiro atoms. The molecule has 25 heavy (non-hydrogen) atoms. The summed E-state index contributed by atoms with van der Waals surface area (Å²) in [6.45, 7) is 1.96. The number of halogens is 2. The summed E-state index contributed by atoms with van der Waals surface area (Å²) in [4.78, 5) is 7.67. The minimum absolute atomic E-state index is 0.270. The highest BCUT2D eigenvalue weighted by molar-refractivity contribution is 7.71. The van der Waals surface area contributed by atoms with Crippen molar-refractivity contribution in [3.05, 3.63) is 75.9 Å². The zero-order valence-electron chi connectivity index (χ0n) is 13.3. The van der Waals surface area contributed by atoms with E-state index >= 15 is 0 Å². The van der Waals surface area contributed by atoms with Crippen LogP contribution in [0.3, 0.4) is 0 Å². The van der Waals surface area contributed by atoms with Gasteiger partial charge in [-0.05, 0) is 53.9 Å². The van der Waals surface area contributed by atoms with Crippen molar-refractivity contribution in [2.24, 2.45) is 0 Å². The normalized spacial score (nSPS) is 11.2. The van der Waals surface area contributed by atoms with E-state index in [0.717, 1.165) is 27.9 Å². The molecule has 6 heteroatoms. The molecule has 0 aliphatic heterocycles. The molecular weight excluding hydrogens is 357 g/mol. The fourth-order valence-corrected chi connectivity index (χ4v) is 3.19. The van der Waals surface area contributed by atoms with Crippen LogP contribution >= 0.6 is 23.8 Å². The van der Waals surface area contributed by atoms with Gasteiger partial charge in [0.15, 0.2) is 0 Å². The Balaban J connectivity index is 1.86. The minimum Gasteiger partial charge on any atom is -0.323 e. The lowest BCUT2D eigenvalue weighted by Crippen LogP contribution is -1.93. The Morgan fingerprint density at radius 2 is 1.84 bits per heavy atom. The maximum Gasteiger partial charge on any atom is 0.212 e. The van der Waals surface area contributed by atoms with Crippen LogP contribution in [0.4, 0.5) is 4.39 Å². The van der Waals surface area contributed by atoms with Gasteiger partial charge in [-0.25, -0.2) is 9.37 Å². The summed E-state index contributed by atoms with van der Waals surface area (Å²) in [5.41, 5.74) is 4.45. The van der Waals surface area contributed by atoms with Crippen molar-refractivity contribution < 1.29 is 4.39 Å². The summed E-state index contributed by atoms with van der Waals surface area (Å²) in [6.07, 6.45) is 3.61. The van der Waals surface area contributed by atoms with Gasteiger partial charge in [0.25, 0.3) is 0 Å². The smallest absolute Gasteiger partial charge is 0.212 e. The lowest BCUT2D eigenvalue weighted by atomic mass is 10.1. The van der Waals surface area contributed by atoms with Gasteiger partial charge in [0, 0.05) is 23.0 Å². The number of hydrogen-bond acceptors (Lipinski definition) is 2. The number of benzene rings is 2. The number of aromatic nitrogens is 3. The number of aromatic amines is 1. The maximum atomic E-state index is 13.1. The molecule has 0 amide bonds. The van der Waals surface area contributed by atoms with Crippen LogP contribution < -0.4 is 0 Å². The fraction of sp³-hybridized carbons (Fsp3) is 0.0526. The number of imidazole rings is 1. The first kappa shape index (κ1) is 16.0. The van der Waals surface area contributed by atoms with Gasteiger partial charge in [-0.15, -0.1) is 0 Å². The third-order valence-corrected chi connectivity index (χ3v) is 4.96. The molecule has 0 saturated carbocycles. The first-order chi connectivity index (χ1) is 12.0. The van der Waals surface area contributed by atoms with Crippen molar-refractivity contribution in [1.82, 2.24) is 14.4 Å². The molecular formula is C19H13ClFN3S. The van der Waals surface area contributed by atoms with Crippen molar-refractivity contribution in [2.75, 3.05) is 0 Å². The Bertz CT molecular complexity index is 1150. The van der Waals surface area contributed by atoms with Gasteiger partial charge >= 0.3 is 0 Å². The van der Waals surface area contributed by atoms with Crippen LogP contribution in [0.15, 0.2) is 54.9 Å². The summed E-state index contributed by atoms with van der Waals surface area (Å²) in [6, 6.07) is 12.1. The first-order valence-electron chi connectivity index (χ1n) is 7.66. The molecule has 0 unspecified atom stereocenters. The van der Waals surface area contributed by atoms with Crippen LogP contribution in [0.5, 0.6) is 0 Å². The fourth-order valence-electron chi connectivity index (χ4n) is 2.70. The van der Waals surface area contributed by atoms with Crippen molar-refractivity contribution in [3.63, 3.8) is 0 Å². The maximum absolute atomic E-state index is 13.1. The molecule has 0 radical (unpaired) electrons. The number of aryl methyl sites for hydroxylation is 1. The molecule has 124 valence electrons. The zero-order chi connectivity index (χ0) is 17.6. The first-order valence-corrected chi connectivity index (χ1v) is 8.44. The summed E-state index contributed by atoms with van der Waals surface area (Å²) in [5, 5.41) is 0.693. The van der Waals surface area contributed by atoms with Crippen LogP contribution in [-0.4, -0.2) is 14.4 Å². The SMILES string of the molecule is Cc1ccc(-c2cnc3[nH]c(-c4ccc(F)cc4)cn3c2=S)cc1Cl. The molecule has 0 aliphatic rings. The van der Waals surface area contributed by atoms with Crippen LogP contribution in [0.2, 0.25) is 5.02 Å². The van der Waals surface area contributed by atoms with E-state index in [-0.39, 0.29) is 5.82 Å². The van der Waals surface area contributed by atoms with E-state index < -0.39 is 0 Å². The molecule has 3 nitrogen and oxygen atoms in total. The lowest BCUT2D eigenvalue weighted by Gasteiger charge is -2.05. The second-order valence-electron chi connectivity index (χ2n) is 5.81. The van der Waals surface area contributed by atoms with Crippen molar-refractivity contribution >= 4 is 29.6 Å². The second-order valence-corrected chi connectivity index (χ2v) is 6.60. The molecule has 1 N–H and O–H groups in total. The minimum atomic E-state index is -0.270. The predicted molar refractivity (Wildman–Crippen MR) is 101 cm³/mol. The highest BCUT2D eigenvalue weighted by atomic mass is 35.5. The lowest BCUT2D eigenvalue weighted by molar-refractivity contribution is 0.628. The van der Waals surface area contributed by atoms with E-state index in [2.05, 4.69) is 9.97 Å². The highest BCUT2D eigenvalue weighted by Crippen LogP contribution is 2.27. The molecule has 0 bridgehead atoms. The van der Waals surface area contributed by atoms with E-state index in [1.54, 1.807) is 18.3 Å². The van der Waals surface area contributed by atoms with Crippen molar-refractivity contribution in [2.45, 2.75) is 6.92 Å². The van der Waals surface area contributed by atoms with Crippen molar-refractivity contribution in [3.8, 4) is 22.4 Å². The number of nitrogens with one attached hydrogen (secondary N) is 1. The Hall–Kier alpha value is -2.50. The molecule has 2 aromatic heterocycles. The van der Waals surface area contributed by atoms with Gasteiger partial charge in [-0.3, -0.25) is 4.40 Å². The molecule has 0 saturated heterocycles. The van der Waals surface area contributed by atoms with Crippen LogP contribution in [0.25, 0.3) is 28.2 Å². The van der Waals surface area contributed by atoms with Gasteiger partial charge < -0.3 is 4.98 Å². The van der Waals surface area contributed by atoms with Gasteiger partial charge in [0.1, 0.15) is 10.5 Å². The Morgan fingerprint density at radius 1 is 1.12 bits per heavy atom. The topological polar surface area (TPSA) is 33.1 Å². The van der Waals surface area contributed by atoms with E-state index in [9.17, 15) is 4.39 Å². The van der Waals surface area contributed by atoms with E-state index in [1.165, 1.54) is 12.1 Å². The summed E-state index contributed by atoms with van der Waals surface area (Å²) in [5.74, 6) is 0.361. The average Bonchev–Trinajstić information content (AvgIpc) is 3.04. The van der Waals surface area contributed by atoms with Crippen LogP contribution in [0, 0.1) is 17.4 Å². The molecule has 0 fully saturated rings. The van der Waals surface area contributed by atoms with Gasteiger partial charge in [-0.1, -0.05) is 36.0 Å². The standard InChI is InChI=1S/C19H13ClFN3S/c1-11-2-3-13(8-16(11)20)15-9-22-19-23-17(10-24(19)18(15)25)12-4-6-14(21)7-5-12/h2-10H,1H3,(H,22,23). The van der Waals surface area contributed by atoms with E-state index in [0.29, 0.717) is 15.4 Å². The van der Waals surface area contributed by atoms with Crippen molar-refractivity contribution in [1.29, 1.82) is 0 Å². The molecule has 4 rings (SSSR count). The third-order valence-electron chi connectivity index (χ3n) is 4.14. The Kier molecular flexibility index (Phi) is 3.90. The molecule has 2 aromatic carbocycles. The van der Waals surface area contributed by atoms with E-state index in [1.807, 2.05) is 35.7 Å². The average molecular weight is 370 g/mol. The Labute approximate surface area is 153 Å². The summed E-state index contributed by atoms with van der Waals surface area (Å²) >= 11 is 11.9. The van der Waals surface area contributed by atoms with Gasteiger partial charge in [0.05, 0.1) is 5.69 Å². The molecule has 0 atom stereocenters. The number of hydrogen-bond donors (Lipinski definition) is 1. The largest absolute Gasteiger partial charge is 0.323 e. The van der Waals surface area contributed by atoms with Gasteiger partial charge in [-0.2, -0.15) is 0 Å². The number of nitrogens with zero attached hydrogens (tertiary/aromatic N) is 2. The predicted octanol–water partition coefficient (Wildman–Crippen LogP) is 5.83. The van der Waals surface area contributed by atoms with Crippen LogP contribution in [0.1, 0.15) is 5.56 Å². The number of H-pyrrole nitrogens is 1. The molecule has 4 aromatic rings. The monoisotopic (exact) mass is 369 g/mol. The van der Waals surface area contributed by atoms with Crippen LogP contribution in [-0.2, 0) is 0 Å².